The fourth-order valence-corrected chi connectivity index (χ4v) is 2.25. The molecule has 0 spiro atoms. The SMILES string of the molecule is CCN(CC)CCOc1ccccc1CN=C(N)NC1CC1.I. The highest BCUT2D eigenvalue weighted by Crippen LogP contribution is 2.20. The third kappa shape index (κ3) is 7.39. The molecule has 2 rings (SSSR count). The normalized spacial score (nSPS) is 14.5. The first-order chi connectivity index (χ1) is 10.7. The molecule has 0 radical (unpaired) electrons. The molecule has 0 bridgehead atoms. The highest BCUT2D eigenvalue weighted by molar-refractivity contribution is 14.0. The molecule has 1 aromatic carbocycles. The van der Waals surface area contributed by atoms with Crippen molar-refractivity contribution in [2.24, 2.45) is 10.7 Å². The summed E-state index contributed by atoms with van der Waals surface area (Å²) in [4.78, 5) is 6.75. The number of likely N-dealkylation sites (N-methyl/N-ethyl adjacent to an activating group) is 1. The molecule has 0 saturated heterocycles. The Balaban J connectivity index is 0.00000264. The van der Waals surface area contributed by atoms with E-state index in [0.29, 0.717) is 25.2 Å². The molecule has 0 amide bonds. The lowest BCUT2D eigenvalue weighted by molar-refractivity contribution is 0.221. The summed E-state index contributed by atoms with van der Waals surface area (Å²) in [6, 6.07) is 8.57. The summed E-state index contributed by atoms with van der Waals surface area (Å²) < 4.78 is 5.92. The van der Waals surface area contributed by atoms with Crippen LogP contribution in [0.25, 0.3) is 0 Å². The maximum absolute atomic E-state index is 5.92. The molecule has 1 aliphatic carbocycles. The second kappa shape index (κ2) is 10.7. The Labute approximate surface area is 156 Å². The van der Waals surface area contributed by atoms with Gasteiger partial charge in [0.2, 0.25) is 0 Å². The van der Waals surface area contributed by atoms with E-state index in [9.17, 15) is 0 Å². The number of hydrogen-bond donors (Lipinski definition) is 2. The zero-order valence-electron chi connectivity index (χ0n) is 14.1. The summed E-state index contributed by atoms with van der Waals surface area (Å²) in [5, 5.41) is 3.20. The van der Waals surface area contributed by atoms with Crippen molar-refractivity contribution in [1.82, 2.24) is 10.2 Å². The minimum absolute atomic E-state index is 0. The fraction of sp³-hybridized carbons (Fsp3) is 0.588. The summed E-state index contributed by atoms with van der Waals surface area (Å²) in [6.07, 6.45) is 2.39. The van der Waals surface area contributed by atoms with Gasteiger partial charge in [-0.25, -0.2) is 4.99 Å². The van der Waals surface area contributed by atoms with E-state index >= 15 is 0 Å². The van der Waals surface area contributed by atoms with Crippen LogP contribution in [0.4, 0.5) is 0 Å². The van der Waals surface area contributed by atoms with Crippen LogP contribution in [0, 0.1) is 0 Å². The van der Waals surface area contributed by atoms with Crippen LogP contribution in [0.5, 0.6) is 5.75 Å². The summed E-state index contributed by atoms with van der Waals surface area (Å²) >= 11 is 0. The standard InChI is InChI=1S/C17H28N4O.HI/c1-3-21(4-2)11-12-22-16-8-6-5-7-14(16)13-19-17(18)20-15-9-10-15;/h5-8,15H,3-4,9-13H2,1-2H3,(H3,18,19,20);1H. The van der Waals surface area contributed by atoms with Crippen LogP contribution in [0.15, 0.2) is 29.3 Å². The van der Waals surface area contributed by atoms with Crippen molar-refractivity contribution < 1.29 is 4.74 Å². The van der Waals surface area contributed by atoms with Crippen LogP contribution >= 0.6 is 24.0 Å². The molecule has 6 heteroatoms. The summed E-state index contributed by atoms with van der Waals surface area (Å²) in [5.41, 5.74) is 6.95. The highest BCUT2D eigenvalue weighted by Gasteiger charge is 2.21. The largest absolute Gasteiger partial charge is 0.492 e. The summed E-state index contributed by atoms with van der Waals surface area (Å²) in [7, 11) is 0. The number of halogens is 1. The van der Waals surface area contributed by atoms with Gasteiger partial charge in [0.25, 0.3) is 0 Å². The van der Waals surface area contributed by atoms with Crippen LogP contribution in [0.2, 0.25) is 0 Å². The van der Waals surface area contributed by atoms with Crippen molar-refractivity contribution in [3.05, 3.63) is 29.8 Å². The van der Waals surface area contributed by atoms with Gasteiger partial charge in [-0.05, 0) is 32.0 Å². The first-order valence-corrected chi connectivity index (χ1v) is 8.22. The fourth-order valence-electron chi connectivity index (χ4n) is 2.25. The monoisotopic (exact) mass is 432 g/mol. The third-order valence-corrected chi connectivity index (χ3v) is 3.88. The number of benzene rings is 1. The second-order valence-corrected chi connectivity index (χ2v) is 5.60. The molecule has 0 aliphatic heterocycles. The molecular formula is C17H29IN4O. The van der Waals surface area contributed by atoms with Crippen LogP contribution < -0.4 is 15.8 Å². The molecular weight excluding hydrogens is 403 g/mol. The first kappa shape index (κ1) is 20.0. The van der Waals surface area contributed by atoms with E-state index < -0.39 is 0 Å². The van der Waals surface area contributed by atoms with Gasteiger partial charge in [0.1, 0.15) is 12.4 Å². The number of guanidine groups is 1. The molecule has 0 atom stereocenters. The predicted octanol–water partition coefficient (Wildman–Crippen LogP) is 2.59. The van der Waals surface area contributed by atoms with Crippen LogP contribution in [0.1, 0.15) is 32.3 Å². The number of hydrogen-bond acceptors (Lipinski definition) is 3. The van der Waals surface area contributed by atoms with Gasteiger partial charge in [-0.1, -0.05) is 32.0 Å². The van der Waals surface area contributed by atoms with Gasteiger partial charge in [-0.3, -0.25) is 0 Å². The van der Waals surface area contributed by atoms with Gasteiger partial charge in [-0.2, -0.15) is 0 Å². The van der Waals surface area contributed by atoms with E-state index in [1.54, 1.807) is 0 Å². The number of nitrogens with zero attached hydrogens (tertiary/aromatic N) is 2. The van der Waals surface area contributed by atoms with Gasteiger partial charge in [0, 0.05) is 18.2 Å². The van der Waals surface area contributed by atoms with Gasteiger partial charge < -0.3 is 20.7 Å². The molecule has 1 saturated carbocycles. The smallest absolute Gasteiger partial charge is 0.189 e. The number of aliphatic imine (C=N–C) groups is 1. The second-order valence-electron chi connectivity index (χ2n) is 5.60. The highest BCUT2D eigenvalue weighted by atomic mass is 127. The molecule has 0 aromatic heterocycles. The number of ether oxygens (including phenoxy) is 1. The molecule has 3 N–H and O–H groups in total. The maximum atomic E-state index is 5.92. The minimum atomic E-state index is 0. The molecule has 1 aliphatic rings. The number of para-hydroxylation sites is 1. The van der Waals surface area contributed by atoms with E-state index in [0.717, 1.165) is 30.9 Å². The van der Waals surface area contributed by atoms with Crippen LogP contribution in [-0.2, 0) is 6.54 Å². The molecule has 0 heterocycles. The van der Waals surface area contributed by atoms with E-state index in [4.69, 9.17) is 10.5 Å². The molecule has 1 aromatic rings. The summed E-state index contributed by atoms with van der Waals surface area (Å²) in [5.74, 6) is 1.43. The topological polar surface area (TPSA) is 62.9 Å². The van der Waals surface area contributed by atoms with Gasteiger partial charge in [-0.15, -0.1) is 24.0 Å². The van der Waals surface area contributed by atoms with E-state index in [1.807, 2.05) is 24.3 Å². The number of rotatable bonds is 9. The van der Waals surface area contributed by atoms with Crippen molar-refractivity contribution in [2.45, 2.75) is 39.3 Å². The van der Waals surface area contributed by atoms with Gasteiger partial charge in [0.15, 0.2) is 5.96 Å². The molecule has 5 nitrogen and oxygen atoms in total. The molecule has 23 heavy (non-hydrogen) atoms. The lowest BCUT2D eigenvalue weighted by atomic mass is 10.2. The lowest BCUT2D eigenvalue weighted by Crippen LogP contribution is -2.33. The van der Waals surface area contributed by atoms with E-state index in [2.05, 4.69) is 29.1 Å². The van der Waals surface area contributed by atoms with Crippen molar-refractivity contribution in [3.63, 3.8) is 0 Å². The van der Waals surface area contributed by atoms with Gasteiger partial charge in [0.05, 0.1) is 6.54 Å². The Morgan fingerprint density at radius 3 is 2.65 bits per heavy atom. The van der Waals surface area contributed by atoms with Crippen molar-refractivity contribution in [1.29, 1.82) is 0 Å². The molecule has 1 fully saturated rings. The lowest BCUT2D eigenvalue weighted by Gasteiger charge is -2.18. The molecule has 0 unspecified atom stereocenters. The van der Waals surface area contributed by atoms with E-state index in [-0.39, 0.29) is 24.0 Å². The van der Waals surface area contributed by atoms with E-state index in [1.165, 1.54) is 12.8 Å². The number of nitrogens with one attached hydrogen (secondary N) is 1. The van der Waals surface area contributed by atoms with Crippen LogP contribution in [0.3, 0.4) is 0 Å². The average Bonchev–Trinajstić information content (AvgIpc) is 3.34. The minimum Gasteiger partial charge on any atom is -0.492 e. The predicted molar refractivity (Wildman–Crippen MR) is 107 cm³/mol. The Kier molecular flexibility index (Phi) is 9.31. The van der Waals surface area contributed by atoms with Crippen molar-refractivity contribution >= 4 is 29.9 Å². The third-order valence-electron chi connectivity index (χ3n) is 3.88. The Bertz CT molecular complexity index is 487. The zero-order valence-corrected chi connectivity index (χ0v) is 16.5. The Hall–Kier alpha value is -1.02. The average molecular weight is 432 g/mol. The first-order valence-electron chi connectivity index (χ1n) is 8.22. The quantitative estimate of drug-likeness (QED) is 0.358. The number of nitrogens with two attached hydrogens (primary N) is 1. The molecule has 130 valence electrons. The Morgan fingerprint density at radius 1 is 1.30 bits per heavy atom. The summed E-state index contributed by atoms with van der Waals surface area (Å²) in [6.45, 7) is 8.62. The van der Waals surface area contributed by atoms with Crippen LogP contribution in [-0.4, -0.2) is 43.1 Å². The van der Waals surface area contributed by atoms with Gasteiger partial charge >= 0.3 is 0 Å². The Morgan fingerprint density at radius 2 is 2.00 bits per heavy atom. The van der Waals surface area contributed by atoms with Crippen molar-refractivity contribution in [3.8, 4) is 5.75 Å². The maximum Gasteiger partial charge on any atom is 0.189 e. The zero-order chi connectivity index (χ0) is 15.8. The van der Waals surface area contributed by atoms with Crippen molar-refractivity contribution in [2.75, 3.05) is 26.2 Å².